The van der Waals surface area contributed by atoms with Gasteiger partial charge in [-0.25, -0.2) is 0 Å². The number of terminal acetylenes is 1. The second-order valence-corrected chi connectivity index (χ2v) is 17.6. The number of carbonyl (C=O) groups is 5. The van der Waals surface area contributed by atoms with Gasteiger partial charge in [-0.2, -0.15) is 0 Å². The van der Waals surface area contributed by atoms with Gasteiger partial charge in [0.2, 0.25) is 17.6 Å². The smallest absolute Gasteiger partial charge is 0.324 e. The van der Waals surface area contributed by atoms with Gasteiger partial charge in [0.15, 0.2) is 6.35 Å². The van der Waals surface area contributed by atoms with E-state index in [1.807, 2.05) is 55.4 Å². The van der Waals surface area contributed by atoms with Gasteiger partial charge in [-0.15, -0.1) is 12.3 Å². The molecule has 6 atom stereocenters. The summed E-state index contributed by atoms with van der Waals surface area (Å²) in [6, 6.07) is -4.02. The summed E-state index contributed by atoms with van der Waals surface area (Å²) in [5.41, 5.74) is 3.16. The fourth-order valence-corrected chi connectivity index (χ4v) is 7.10. The van der Waals surface area contributed by atoms with Crippen LogP contribution in [0.2, 0.25) is 0 Å². The van der Waals surface area contributed by atoms with E-state index in [1.165, 1.54) is 4.90 Å². The lowest BCUT2D eigenvalue weighted by molar-refractivity contribution is -0.159. The van der Waals surface area contributed by atoms with Gasteiger partial charge in [-0.3, -0.25) is 34.6 Å². The van der Waals surface area contributed by atoms with E-state index in [4.69, 9.17) is 16.9 Å². The molecule has 2 unspecified atom stereocenters. The molecule has 3 amide bonds. The molecule has 3 aliphatic carbocycles. The first kappa shape index (κ1) is 38.8. The number of amides is 3. The van der Waals surface area contributed by atoms with Gasteiger partial charge in [-0.1, -0.05) is 54.4 Å². The maximum absolute atomic E-state index is 14.5. The van der Waals surface area contributed by atoms with Gasteiger partial charge in [0, 0.05) is 17.9 Å². The summed E-state index contributed by atoms with van der Waals surface area (Å²) < 4.78 is 6.05. The molecule has 1 heterocycles. The number of likely N-dealkylation sites (tertiary alicyclic amines) is 1. The van der Waals surface area contributed by atoms with Crippen LogP contribution in [-0.4, -0.2) is 82.6 Å². The molecule has 12 heteroatoms. The number of ether oxygens (including phenoxy) is 1. The van der Waals surface area contributed by atoms with E-state index in [9.17, 15) is 29.1 Å². The van der Waals surface area contributed by atoms with Gasteiger partial charge in [0.25, 0.3) is 5.91 Å². The highest BCUT2D eigenvalue weighted by atomic mass is 16.5. The second kappa shape index (κ2) is 14.7. The Labute approximate surface area is 291 Å². The van der Waals surface area contributed by atoms with Crippen LogP contribution in [0.5, 0.6) is 0 Å². The Morgan fingerprint density at radius 3 is 1.86 bits per heavy atom. The molecule has 4 fully saturated rings. The molecule has 4 aliphatic rings. The average molecular weight is 686 g/mol. The van der Waals surface area contributed by atoms with Crippen LogP contribution >= 0.6 is 0 Å². The van der Waals surface area contributed by atoms with Crippen LogP contribution in [0.4, 0.5) is 0 Å². The lowest BCUT2D eigenvalue weighted by Crippen LogP contribution is -2.64. The van der Waals surface area contributed by atoms with Crippen molar-refractivity contribution in [3.8, 4) is 12.3 Å². The van der Waals surface area contributed by atoms with Crippen molar-refractivity contribution >= 4 is 29.5 Å². The summed E-state index contributed by atoms with van der Waals surface area (Å²) in [6.07, 6.45) is 11.1. The zero-order valence-electron chi connectivity index (χ0n) is 30.6. The van der Waals surface area contributed by atoms with Crippen molar-refractivity contribution in [2.45, 2.75) is 143 Å². The molecule has 6 N–H and O–H groups in total. The summed E-state index contributed by atoms with van der Waals surface area (Å²) in [6.45, 7) is 15.0. The predicted molar refractivity (Wildman–Crippen MR) is 184 cm³/mol. The second-order valence-electron chi connectivity index (χ2n) is 17.6. The number of ketones is 1. The predicted octanol–water partition coefficient (Wildman–Crippen LogP) is 2.22. The number of hydrogen-bond donors (Lipinski definition) is 5. The standard InChI is InChI=1S/C37H59N5O7/c1-10-37(8,9)23-17-18-42(25(23)31(45)39-24(19-20-11-12-20)26(43)30(38)44)32(46)28(35(2,3)4)40-34(48)41-29(36(5,6)7)33(47)49-27(21-13-14-21)22-15-16-22/h1,20-25,27-29,34,40-41,48H,11-19H2,2-9H3,(H2,38,44)(H,39,45)/t23-,24?,25-,28+,29+,34?/m0/s1. The molecule has 12 nitrogen and oxygen atoms in total. The fraction of sp³-hybridized carbons (Fsp3) is 0.811. The first-order valence-electron chi connectivity index (χ1n) is 18.0. The number of aliphatic hydroxyl groups is 1. The first-order chi connectivity index (χ1) is 22.6. The molecule has 3 saturated carbocycles. The molecule has 0 radical (unpaired) electrons. The third-order valence-electron chi connectivity index (χ3n) is 10.7. The number of nitrogens with one attached hydrogen (secondary N) is 3. The Morgan fingerprint density at radius 1 is 0.878 bits per heavy atom. The molecule has 0 aromatic heterocycles. The van der Waals surface area contributed by atoms with E-state index >= 15 is 0 Å². The van der Waals surface area contributed by atoms with Gasteiger partial charge < -0.3 is 25.8 Å². The molecule has 274 valence electrons. The first-order valence-corrected chi connectivity index (χ1v) is 18.0. The Kier molecular flexibility index (Phi) is 11.6. The van der Waals surface area contributed by atoms with Crippen LogP contribution in [0.15, 0.2) is 0 Å². The fourth-order valence-electron chi connectivity index (χ4n) is 7.10. The van der Waals surface area contributed by atoms with Crippen LogP contribution in [0, 0.1) is 52.3 Å². The number of carbonyl (C=O) groups excluding carboxylic acids is 5. The highest BCUT2D eigenvalue weighted by molar-refractivity contribution is 6.37. The monoisotopic (exact) mass is 685 g/mol. The van der Waals surface area contributed by atoms with Crippen molar-refractivity contribution in [2.75, 3.05) is 6.54 Å². The number of aliphatic hydroxyl groups excluding tert-OH is 1. The minimum absolute atomic E-state index is 0.103. The molecule has 49 heavy (non-hydrogen) atoms. The SMILES string of the molecule is C#CC(C)(C)[C@H]1CCN(C(=O)[C@@H](NC(O)N[C@H](C(=O)OC(C2CC2)C2CC2)C(C)(C)C)C(C)(C)C)[C@@H]1C(=O)NC(CC1CC1)C(=O)C(N)=O. The Morgan fingerprint density at radius 2 is 1.41 bits per heavy atom. The van der Waals surface area contributed by atoms with Crippen LogP contribution in [0.3, 0.4) is 0 Å². The Hall–Kier alpha value is -3.01. The molecular formula is C37H59N5O7. The van der Waals surface area contributed by atoms with E-state index in [2.05, 4.69) is 21.9 Å². The van der Waals surface area contributed by atoms with Crippen molar-refractivity contribution in [3.63, 3.8) is 0 Å². The van der Waals surface area contributed by atoms with Crippen molar-refractivity contribution in [2.24, 2.45) is 45.7 Å². The number of hydrogen-bond acceptors (Lipinski definition) is 9. The van der Waals surface area contributed by atoms with E-state index in [1.54, 1.807) is 0 Å². The lowest BCUT2D eigenvalue weighted by atomic mass is 9.75. The van der Waals surface area contributed by atoms with Crippen LogP contribution in [0.25, 0.3) is 0 Å². The Bertz CT molecular complexity index is 1300. The summed E-state index contributed by atoms with van der Waals surface area (Å²) >= 11 is 0. The molecule has 0 bridgehead atoms. The molecular weight excluding hydrogens is 626 g/mol. The quantitative estimate of drug-likeness (QED) is 0.0705. The third kappa shape index (κ3) is 9.83. The number of rotatable bonds is 16. The van der Waals surface area contributed by atoms with Gasteiger partial charge in [0.1, 0.15) is 18.2 Å². The Balaban J connectivity index is 1.54. The van der Waals surface area contributed by atoms with Crippen LogP contribution < -0.4 is 21.7 Å². The molecule has 0 aromatic rings. The van der Waals surface area contributed by atoms with Gasteiger partial charge >= 0.3 is 5.97 Å². The molecule has 1 aliphatic heterocycles. The van der Waals surface area contributed by atoms with Crippen LogP contribution in [-0.2, 0) is 28.7 Å². The van der Waals surface area contributed by atoms with Gasteiger partial charge in [0.05, 0.1) is 12.1 Å². The van der Waals surface area contributed by atoms with Crippen LogP contribution in [0.1, 0.15) is 107 Å². The summed E-state index contributed by atoms with van der Waals surface area (Å²) in [5, 5.41) is 20.1. The maximum atomic E-state index is 14.5. The highest BCUT2D eigenvalue weighted by Crippen LogP contribution is 2.47. The molecule has 0 spiro atoms. The van der Waals surface area contributed by atoms with Crippen molar-refractivity contribution in [3.05, 3.63) is 0 Å². The highest BCUT2D eigenvalue weighted by Gasteiger charge is 2.52. The summed E-state index contributed by atoms with van der Waals surface area (Å²) in [4.78, 5) is 68.2. The number of Topliss-reactive ketones (excluding diaryl/α,β-unsaturated/α-hetero) is 1. The van der Waals surface area contributed by atoms with E-state index in [0.717, 1.165) is 38.5 Å². The minimum Gasteiger partial charge on any atom is -0.461 e. The maximum Gasteiger partial charge on any atom is 0.324 e. The number of nitrogens with two attached hydrogens (primary N) is 1. The largest absolute Gasteiger partial charge is 0.461 e. The molecule has 4 rings (SSSR count). The van der Waals surface area contributed by atoms with Crippen molar-refractivity contribution < 1.29 is 33.8 Å². The normalized spacial score (nSPS) is 24.1. The zero-order valence-corrected chi connectivity index (χ0v) is 30.6. The number of esters is 1. The number of nitrogens with zero attached hydrogens (tertiary/aromatic N) is 1. The third-order valence-corrected chi connectivity index (χ3v) is 10.7. The molecule has 0 aromatic carbocycles. The van der Waals surface area contributed by atoms with E-state index in [0.29, 0.717) is 24.7 Å². The topological polar surface area (TPSA) is 180 Å². The minimum atomic E-state index is -1.48. The van der Waals surface area contributed by atoms with E-state index < -0.39 is 82.2 Å². The molecule has 1 saturated heterocycles. The lowest BCUT2D eigenvalue weighted by Gasteiger charge is -2.40. The van der Waals surface area contributed by atoms with Crippen molar-refractivity contribution in [1.29, 1.82) is 0 Å². The van der Waals surface area contributed by atoms with E-state index in [-0.39, 0.29) is 18.6 Å². The van der Waals surface area contributed by atoms with Crippen molar-refractivity contribution in [1.82, 2.24) is 20.9 Å². The zero-order chi connectivity index (χ0) is 36.6. The summed E-state index contributed by atoms with van der Waals surface area (Å²) in [5.74, 6) is -0.145. The average Bonchev–Trinajstić information content (AvgIpc) is 3.85. The summed E-state index contributed by atoms with van der Waals surface area (Å²) in [7, 11) is 0. The van der Waals surface area contributed by atoms with Gasteiger partial charge in [-0.05, 0) is 81.0 Å². The number of primary amides is 1.